The number of amides is 3. The van der Waals surface area contributed by atoms with Crippen LogP contribution in [0.15, 0.2) is 132 Å². The van der Waals surface area contributed by atoms with Gasteiger partial charge in [0.2, 0.25) is 5.91 Å². The largest absolute Gasteiger partial charge is 0.325 e. The van der Waals surface area contributed by atoms with Gasteiger partial charge in [0.1, 0.15) is 5.70 Å². The number of rotatable bonds is 9. The first-order valence-corrected chi connectivity index (χ1v) is 14.8. The molecule has 8 heteroatoms. The number of hydrogen-bond donors (Lipinski definition) is 3. The second kappa shape index (κ2) is 13.9. The number of hydrogen-bond acceptors (Lipinski definition) is 4. The normalized spacial score (nSPS) is 11.9. The molecule has 3 amide bonds. The molecule has 1 unspecified atom stereocenters. The standard InChI is InChI=1S/C35H28ClN3O3S/c1-23(33(40)38-29-16-15-24-9-5-6-12-26(24)21-29)43-30-19-17-28(18-20-30)37-35(42)32(22-27-13-7-8-14-31(27)36)39-34(41)25-10-3-2-4-11-25/h2-23H,1H3,(H,37,42)(H,38,40)(H,39,41)/b32-22-. The Morgan fingerprint density at radius 3 is 2.12 bits per heavy atom. The van der Waals surface area contributed by atoms with Crippen LogP contribution in [0, 0.1) is 0 Å². The summed E-state index contributed by atoms with van der Waals surface area (Å²) < 4.78 is 0. The van der Waals surface area contributed by atoms with E-state index in [1.54, 1.807) is 66.7 Å². The lowest BCUT2D eigenvalue weighted by atomic mass is 10.1. The Kier molecular flexibility index (Phi) is 9.56. The minimum absolute atomic E-state index is 0.0411. The highest BCUT2D eigenvalue weighted by Crippen LogP contribution is 2.27. The molecule has 0 aliphatic rings. The Labute approximate surface area is 259 Å². The van der Waals surface area contributed by atoms with Crippen LogP contribution < -0.4 is 16.0 Å². The van der Waals surface area contributed by atoms with Crippen molar-refractivity contribution in [2.75, 3.05) is 10.6 Å². The van der Waals surface area contributed by atoms with Gasteiger partial charge in [-0.25, -0.2) is 0 Å². The van der Waals surface area contributed by atoms with E-state index < -0.39 is 11.8 Å². The molecule has 0 saturated heterocycles. The first-order chi connectivity index (χ1) is 20.9. The summed E-state index contributed by atoms with van der Waals surface area (Å²) in [6.45, 7) is 1.85. The van der Waals surface area contributed by atoms with Gasteiger partial charge in [-0.15, -0.1) is 11.8 Å². The predicted molar refractivity (Wildman–Crippen MR) is 176 cm³/mol. The Morgan fingerprint density at radius 2 is 1.37 bits per heavy atom. The molecule has 0 heterocycles. The van der Waals surface area contributed by atoms with Gasteiger partial charge >= 0.3 is 0 Å². The third-order valence-corrected chi connectivity index (χ3v) is 8.00. The summed E-state index contributed by atoms with van der Waals surface area (Å²) in [5.41, 5.74) is 2.32. The molecule has 6 nitrogen and oxygen atoms in total. The molecule has 0 aliphatic carbocycles. The number of fused-ring (bicyclic) bond motifs is 1. The van der Waals surface area contributed by atoms with Gasteiger partial charge in [0.25, 0.3) is 11.8 Å². The van der Waals surface area contributed by atoms with Crippen LogP contribution >= 0.6 is 23.4 Å². The van der Waals surface area contributed by atoms with E-state index in [4.69, 9.17) is 11.6 Å². The molecule has 1 atom stereocenters. The van der Waals surface area contributed by atoms with E-state index in [1.165, 1.54) is 11.8 Å². The third kappa shape index (κ3) is 7.92. The van der Waals surface area contributed by atoms with Crippen molar-refractivity contribution in [2.45, 2.75) is 17.1 Å². The zero-order valence-electron chi connectivity index (χ0n) is 23.2. The molecular weight excluding hydrogens is 578 g/mol. The van der Waals surface area contributed by atoms with Crippen LogP contribution in [-0.2, 0) is 9.59 Å². The minimum Gasteiger partial charge on any atom is -0.325 e. The van der Waals surface area contributed by atoms with Crippen LogP contribution in [0.25, 0.3) is 16.8 Å². The first kappa shape index (κ1) is 29.6. The Balaban J connectivity index is 1.24. The average molecular weight is 606 g/mol. The number of carbonyl (C=O) groups excluding carboxylic acids is 3. The highest BCUT2D eigenvalue weighted by molar-refractivity contribution is 8.00. The van der Waals surface area contributed by atoms with E-state index in [-0.39, 0.29) is 16.9 Å². The summed E-state index contributed by atoms with van der Waals surface area (Å²) in [6.07, 6.45) is 1.54. The molecule has 43 heavy (non-hydrogen) atoms. The molecule has 5 aromatic carbocycles. The van der Waals surface area contributed by atoms with Gasteiger partial charge in [-0.05, 0) is 83.9 Å². The van der Waals surface area contributed by atoms with Crippen LogP contribution in [-0.4, -0.2) is 23.0 Å². The highest BCUT2D eigenvalue weighted by atomic mass is 35.5. The summed E-state index contributed by atoms with van der Waals surface area (Å²) >= 11 is 7.73. The Hall–Kier alpha value is -4.85. The van der Waals surface area contributed by atoms with Crippen molar-refractivity contribution in [1.29, 1.82) is 0 Å². The van der Waals surface area contributed by atoms with Crippen molar-refractivity contribution in [1.82, 2.24) is 5.32 Å². The van der Waals surface area contributed by atoms with Crippen molar-refractivity contribution < 1.29 is 14.4 Å². The number of carbonyl (C=O) groups is 3. The fourth-order valence-corrected chi connectivity index (χ4v) is 5.33. The molecule has 0 fully saturated rings. The molecule has 214 valence electrons. The van der Waals surface area contributed by atoms with Gasteiger partial charge in [0, 0.05) is 26.9 Å². The maximum atomic E-state index is 13.3. The molecule has 3 N–H and O–H groups in total. The SMILES string of the molecule is CC(Sc1ccc(NC(=O)/C(=C/c2ccccc2Cl)NC(=O)c2ccccc2)cc1)C(=O)Nc1ccc2ccccc2c1. The molecule has 0 radical (unpaired) electrons. The molecule has 0 saturated carbocycles. The topological polar surface area (TPSA) is 87.3 Å². The van der Waals surface area contributed by atoms with Crippen LogP contribution in [0.1, 0.15) is 22.8 Å². The first-order valence-electron chi connectivity index (χ1n) is 13.6. The van der Waals surface area contributed by atoms with Crippen molar-refractivity contribution in [3.8, 4) is 0 Å². The lowest BCUT2D eigenvalue weighted by molar-refractivity contribution is -0.115. The third-order valence-electron chi connectivity index (χ3n) is 6.55. The van der Waals surface area contributed by atoms with Crippen molar-refractivity contribution in [3.05, 3.63) is 143 Å². The monoisotopic (exact) mass is 605 g/mol. The van der Waals surface area contributed by atoms with Gasteiger partial charge in [-0.3, -0.25) is 14.4 Å². The van der Waals surface area contributed by atoms with E-state index in [0.29, 0.717) is 21.8 Å². The van der Waals surface area contributed by atoms with E-state index in [2.05, 4.69) is 16.0 Å². The highest BCUT2D eigenvalue weighted by Gasteiger charge is 2.17. The fraction of sp³-hybridized carbons (Fsp3) is 0.0571. The van der Waals surface area contributed by atoms with E-state index >= 15 is 0 Å². The minimum atomic E-state index is -0.507. The Morgan fingerprint density at radius 1 is 0.721 bits per heavy atom. The van der Waals surface area contributed by atoms with Gasteiger partial charge < -0.3 is 16.0 Å². The Bertz CT molecular complexity index is 1810. The lowest BCUT2D eigenvalue weighted by Crippen LogP contribution is -2.30. The van der Waals surface area contributed by atoms with Gasteiger partial charge in [-0.1, -0.05) is 78.3 Å². The van der Waals surface area contributed by atoms with Crippen molar-refractivity contribution in [2.24, 2.45) is 0 Å². The number of thioether (sulfide) groups is 1. The van der Waals surface area contributed by atoms with Gasteiger partial charge in [0.15, 0.2) is 0 Å². The second-order valence-electron chi connectivity index (χ2n) is 9.69. The fourth-order valence-electron chi connectivity index (χ4n) is 4.27. The van der Waals surface area contributed by atoms with E-state index in [9.17, 15) is 14.4 Å². The summed E-state index contributed by atoms with van der Waals surface area (Å²) in [6, 6.07) is 36.7. The van der Waals surface area contributed by atoms with Gasteiger partial charge in [0.05, 0.1) is 5.25 Å². The molecule has 0 aromatic heterocycles. The number of anilines is 2. The van der Waals surface area contributed by atoms with Crippen molar-refractivity contribution >= 4 is 69.3 Å². The van der Waals surface area contributed by atoms with Crippen molar-refractivity contribution in [3.63, 3.8) is 0 Å². The van der Waals surface area contributed by atoms with E-state index in [0.717, 1.165) is 21.4 Å². The average Bonchev–Trinajstić information content (AvgIpc) is 3.03. The molecule has 0 spiro atoms. The maximum Gasteiger partial charge on any atom is 0.272 e. The summed E-state index contributed by atoms with van der Waals surface area (Å²) in [5, 5.41) is 10.8. The number of halogens is 1. The molecule has 0 aliphatic heterocycles. The summed E-state index contributed by atoms with van der Waals surface area (Å²) in [7, 11) is 0. The van der Waals surface area contributed by atoms with Crippen LogP contribution in [0.5, 0.6) is 0 Å². The van der Waals surface area contributed by atoms with Crippen LogP contribution in [0.3, 0.4) is 0 Å². The second-order valence-corrected chi connectivity index (χ2v) is 11.5. The zero-order chi connectivity index (χ0) is 30.2. The quantitative estimate of drug-likeness (QED) is 0.117. The molecule has 5 rings (SSSR count). The summed E-state index contributed by atoms with van der Waals surface area (Å²) in [5.74, 6) is -1.04. The molecule has 0 bridgehead atoms. The molecular formula is C35H28ClN3O3S. The zero-order valence-corrected chi connectivity index (χ0v) is 24.8. The van der Waals surface area contributed by atoms with Gasteiger partial charge in [-0.2, -0.15) is 0 Å². The predicted octanol–water partition coefficient (Wildman–Crippen LogP) is 8.02. The van der Waals surface area contributed by atoms with Crippen LogP contribution in [0.4, 0.5) is 11.4 Å². The number of nitrogens with one attached hydrogen (secondary N) is 3. The number of benzene rings is 5. The van der Waals surface area contributed by atoms with Crippen LogP contribution in [0.2, 0.25) is 5.02 Å². The summed E-state index contributed by atoms with van der Waals surface area (Å²) in [4.78, 5) is 39.9. The molecule has 5 aromatic rings. The maximum absolute atomic E-state index is 13.3. The smallest absolute Gasteiger partial charge is 0.272 e. The lowest BCUT2D eigenvalue weighted by Gasteiger charge is -2.14. The van der Waals surface area contributed by atoms with E-state index in [1.807, 2.05) is 67.6 Å².